The summed E-state index contributed by atoms with van der Waals surface area (Å²) < 4.78 is 40.4. The summed E-state index contributed by atoms with van der Waals surface area (Å²) in [5.74, 6) is 0. The molecule has 0 aliphatic rings. The first kappa shape index (κ1) is 20.7. The summed E-state index contributed by atoms with van der Waals surface area (Å²) in [5, 5.41) is 3.16. The largest absolute Gasteiger partial charge is 0.411 e. The van der Waals surface area contributed by atoms with Crippen molar-refractivity contribution in [1.29, 1.82) is 0 Å². The Balaban J connectivity index is 3.41. The van der Waals surface area contributed by atoms with Gasteiger partial charge in [0, 0.05) is 12.6 Å². The van der Waals surface area contributed by atoms with Crippen LogP contribution in [-0.4, -0.2) is 32.5 Å². The van der Waals surface area contributed by atoms with E-state index >= 15 is 0 Å². The summed E-state index contributed by atoms with van der Waals surface area (Å²) in [4.78, 5) is 0. The molecule has 0 saturated carbocycles. The first-order valence-corrected chi connectivity index (χ1v) is 8.31. The van der Waals surface area contributed by atoms with Crippen LogP contribution in [0.4, 0.5) is 13.2 Å². The Kier molecular flexibility index (Phi) is 13.2. The molecule has 0 aliphatic heterocycles. The third-order valence-corrected chi connectivity index (χ3v) is 3.69. The Morgan fingerprint density at radius 3 is 2.00 bits per heavy atom. The normalized spacial score (nSPS) is 13.6. The van der Waals surface area contributed by atoms with Crippen molar-refractivity contribution in [2.75, 3.05) is 20.3 Å². The van der Waals surface area contributed by atoms with Crippen LogP contribution in [0.15, 0.2) is 0 Å². The van der Waals surface area contributed by atoms with E-state index in [0.717, 1.165) is 12.8 Å². The van der Waals surface area contributed by atoms with E-state index in [4.69, 9.17) is 0 Å². The molecular weight excluding hydrogens is 279 g/mol. The number of alkyl halides is 3. The predicted molar refractivity (Wildman–Crippen MR) is 81.6 cm³/mol. The van der Waals surface area contributed by atoms with Crippen LogP contribution in [-0.2, 0) is 4.74 Å². The quantitative estimate of drug-likeness (QED) is 0.452. The van der Waals surface area contributed by atoms with E-state index in [-0.39, 0.29) is 12.6 Å². The van der Waals surface area contributed by atoms with Gasteiger partial charge in [-0.1, -0.05) is 58.3 Å². The lowest BCUT2D eigenvalue weighted by Crippen LogP contribution is -2.27. The number of rotatable bonds is 14. The Bertz CT molecular complexity index is 222. The molecule has 0 radical (unpaired) electrons. The monoisotopic (exact) mass is 311 g/mol. The molecule has 0 aliphatic carbocycles. The van der Waals surface area contributed by atoms with Gasteiger partial charge in [0.05, 0.1) is 0 Å². The van der Waals surface area contributed by atoms with E-state index in [1.165, 1.54) is 44.9 Å². The first-order valence-electron chi connectivity index (χ1n) is 8.31. The number of nitrogens with one attached hydrogen (secondary N) is 1. The average Bonchev–Trinajstić information content (AvgIpc) is 2.43. The summed E-state index contributed by atoms with van der Waals surface area (Å²) in [6.45, 7) is 1.25. The van der Waals surface area contributed by atoms with Gasteiger partial charge in [0.2, 0.25) is 0 Å². The number of hydrogen-bond donors (Lipinski definition) is 1. The maximum atomic E-state index is 11.9. The molecule has 1 N–H and O–H groups in total. The van der Waals surface area contributed by atoms with Gasteiger partial charge < -0.3 is 10.1 Å². The fourth-order valence-electron chi connectivity index (χ4n) is 2.37. The van der Waals surface area contributed by atoms with Crippen LogP contribution in [0.5, 0.6) is 0 Å². The fourth-order valence-corrected chi connectivity index (χ4v) is 2.37. The second-order valence-corrected chi connectivity index (χ2v) is 5.71. The molecule has 0 aromatic carbocycles. The molecule has 0 spiro atoms. The van der Waals surface area contributed by atoms with Crippen LogP contribution in [0.25, 0.3) is 0 Å². The van der Waals surface area contributed by atoms with Crippen molar-refractivity contribution in [3.63, 3.8) is 0 Å². The highest BCUT2D eigenvalue weighted by Gasteiger charge is 2.27. The summed E-state index contributed by atoms with van der Waals surface area (Å²) >= 11 is 0. The highest BCUT2D eigenvalue weighted by molar-refractivity contribution is 4.64. The molecule has 5 heteroatoms. The molecule has 0 fully saturated rings. The van der Waals surface area contributed by atoms with E-state index in [2.05, 4.69) is 17.0 Å². The predicted octanol–water partition coefficient (Wildman–Crippen LogP) is 5.07. The topological polar surface area (TPSA) is 21.3 Å². The minimum absolute atomic E-state index is 0.169. The average molecular weight is 311 g/mol. The van der Waals surface area contributed by atoms with E-state index in [9.17, 15) is 13.2 Å². The van der Waals surface area contributed by atoms with Crippen molar-refractivity contribution >= 4 is 0 Å². The van der Waals surface area contributed by atoms with Crippen molar-refractivity contribution < 1.29 is 17.9 Å². The Labute approximate surface area is 127 Å². The van der Waals surface area contributed by atoms with Gasteiger partial charge >= 0.3 is 6.18 Å². The minimum Gasteiger partial charge on any atom is -0.372 e. The van der Waals surface area contributed by atoms with E-state index in [1.54, 1.807) is 0 Å². The lowest BCUT2D eigenvalue weighted by atomic mass is 10.0. The third-order valence-electron chi connectivity index (χ3n) is 3.69. The van der Waals surface area contributed by atoms with Crippen LogP contribution in [0.3, 0.4) is 0 Å². The van der Waals surface area contributed by atoms with Crippen molar-refractivity contribution in [3.05, 3.63) is 0 Å². The second-order valence-electron chi connectivity index (χ2n) is 5.71. The lowest BCUT2D eigenvalue weighted by molar-refractivity contribution is -0.174. The molecule has 0 aromatic heterocycles. The third kappa shape index (κ3) is 15.9. The maximum absolute atomic E-state index is 11.9. The first-order chi connectivity index (χ1) is 9.99. The van der Waals surface area contributed by atoms with Crippen LogP contribution in [0.2, 0.25) is 0 Å². The summed E-state index contributed by atoms with van der Waals surface area (Å²) in [5.41, 5.74) is 0. The van der Waals surface area contributed by atoms with Gasteiger partial charge in [-0.05, 0) is 19.9 Å². The molecule has 128 valence electrons. The van der Waals surface area contributed by atoms with Crippen molar-refractivity contribution in [3.8, 4) is 0 Å². The minimum atomic E-state index is -4.22. The zero-order chi connectivity index (χ0) is 16.0. The van der Waals surface area contributed by atoms with Crippen LogP contribution in [0, 0.1) is 0 Å². The molecule has 0 aromatic rings. The highest BCUT2D eigenvalue weighted by Crippen LogP contribution is 2.15. The lowest BCUT2D eigenvalue weighted by Gasteiger charge is -2.16. The Morgan fingerprint density at radius 1 is 0.905 bits per heavy atom. The molecule has 2 nitrogen and oxygen atoms in total. The zero-order valence-electron chi connectivity index (χ0n) is 13.6. The van der Waals surface area contributed by atoms with Crippen molar-refractivity contribution in [2.45, 2.75) is 83.4 Å². The van der Waals surface area contributed by atoms with Crippen LogP contribution < -0.4 is 5.32 Å². The highest BCUT2D eigenvalue weighted by atomic mass is 19.4. The number of hydrogen-bond acceptors (Lipinski definition) is 2. The second kappa shape index (κ2) is 13.4. The molecule has 0 amide bonds. The number of unbranched alkanes of at least 4 members (excludes halogenated alkanes) is 7. The van der Waals surface area contributed by atoms with E-state index < -0.39 is 12.8 Å². The van der Waals surface area contributed by atoms with E-state index in [1.807, 2.05) is 7.05 Å². The molecule has 0 saturated heterocycles. The number of ether oxygens (including phenoxy) is 1. The molecule has 1 atom stereocenters. The van der Waals surface area contributed by atoms with E-state index in [0.29, 0.717) is 6.42 Å². The molecular formula is C16H32F3NO. The maximum Gasteiger partial charge on any atom is 0.411 e. The molecule has 21 heavy (non-hydrogen) atoms. The van der Waals surface area contributed by atoms with Gasteiger partial charge in [0.15, 0.2) is 0 Å². The van der Waals surface area contributed by atoms with Gasteiger partial charge in [0.1, 0.15) is 6.61 Å². The summed E-state index contributed by atoms with van der Waals surface area (Å²) in [6, 6.07) is 0.262. The molecule has 0 heterocycles. The molecule has 1 unspecified atom stereocenters. The standard InChI is InChI=1S/C16H32F3NO/c1-3-4-5-6-7-8-9-10-11-15(20-2)12-13-21-14-16(17,18)19/h15,20H,3-14H2,1-2H3. The molecule has 0 bridgehead atoms. The Morgan fingerprint density at radius 2 is 1.48 bits per heavy atom. The number of halogens is 3. The van der Waals surface area contributed by atoms with Gasteiger partial charge in [0.25, 0.3) is 0 Å². The molecule has 0 rings (SSSR count). The van der Waals surface area contributed by atoms with Gasteiger partial charge in [-0.15, -0.1) is 0 Å². The van der Waals surface area contributed by atoms with Gasteiger partial charge in [-0.25, -0.2) is 0 Å². The fraction of sp³-hybridized carbons (Fsp3) is 1.00. The van der Waals surface area contributed by atoms with Crippen LogP contribution in [0.1, 0.15) is 71.1 Å². The Hall–Kier alpha value is -0.290. The van der Waals surface area contributed by atoms with Crippen molar-refractivity contribution in [1.82, 2.24) is 5.32 Å². The smallest absolute Gasteiger partial charge is 0.372 e. The van der Waals surface area contributed by atoms with Crippen LogP contribution >= 0.6 is 0 Å². The summed E-state index contributed by atoms with van der Waals surface area (Å²) in [6.07, 6.45) is 7.65. The zero-order valence-corrected chi connectivity index (χ0v) is 13.6. The van der Waals surface area contributed by atoms with Crippen molar-refractivity contribution in [2.24, 2.45) is 0 Å². The van der Waals surface area contributed by atoms with Gasteiger partial charge in [-0.3, -0.25) is 0 Å². The SMILES string of the molecule is CCCCCCCCCCC(CCOCC(F)(F)F)NC. The summed E-state index contributed by atoms with van der Waals surface area (Å²) in [7, 11) is 1.86. The van der Waals surface area contributed by atoms with Gasteiger partial charge in [-0.2, -0.15) is 13.2 Å².